The summed E-state index contributed by atoms with van der Waals surface area (Å²) < 4.78 is 6.04. The molecule has 0 unspecified atom stereocenters. The van der Waals surface area contributed by atoms with Crippen LogP contribution in [-0.4, -0.2) is 16.8 Å². The van der Waals surface area contributed by atoms with Gasteiger partial charge in [-0.3, -0.25) is 19.7 Å². The van der Waals surface area contributed by atoms with Crippen LogP contribution in [0.4, 0.5) is 11.4 Å². The highest BCUT2D eigenvalue weighted by Crippen LogP contribution is 2.16. The molecule has 7 nitrogen and oxygen atoms in total. The molecule has 2 rings (SSSR count). The molecule has 2 aromatic rings. The Kier molecular flexibility index (Phi) is 6.64. The molecule has 0 aliphatic rings. The molecule has 0 heterocycles. The number of non-ortho nitro benzene ring substituents is 1. The number of ether oxygens (including phenoxy) is 1. The van der Waals surface area contributed by atoms with Crippen molar-refractivity contribution in [1.29, 1.82) is 0 Å². The molecule has 1 N–H and O–H groups in total. The van der Waals surface area contributed by atoms with E-state index in [0.717, 1.165) is 10.0 Å². The number of anilines is 1. The zero-order chi connectivity index (χ0) is 18.2. The summed E-state index contributed by atoms with van der Waals surface area (Å²) in [7, 11) is 0. The van der Waals surface area contributed by atoms with Gasteiger partial charge in [0.2, 0.25) is 5.91 Å². The van der Waals surface area contributed by atoms with Crippen LogP contribution in [0.5, 0.6) is 0 Å². The van der Waals surface area contributed by atoms with Crippen molar-refractivity contribution >= 4 is 39.2 Å². The molecule has 0 fully saturated rings. The predicted molar refractivity (Wildman–Crippen MR) is 94.9 cm³/mol. The largest absolute Gasteiger partial charge is 0.461 e. The van der Waals surface area contributed by atoms with E-state index in [1.54, 1.807) is 0 Å². The highest BCUT2D eigenvalue weighted by Gasteiger charge is 2.10. The highest BCUT2D eigenvalue weighted by atomic mass is 79.9. The number of rotatable bonds is 7. The van der Waals surface area contributed by atoms with Crippen molar-refractivity contribution < 1.29 is 19.2 Å². The van der Waals surface area contributed by atoms with E-state index in [0.29, 0.717) is 5.69 Å². The number of halogens is 1. The Balaban J connectivity index is 1.72. The third-order valence-corrected chi connectivity index (χ3v) is 3.76. The van der Waals surface area contributed by atoms with E-state index in [1.807, 2.05) is 24.3 Å². The SMILES string of the molecule is O=C(CCC(=O)OCc1ccc(Br)cc1)Nc1ccc([N+](=O)[O-])cc1. The van der Waals surface area contributed by atoms with Gasteiger partial charge in [0.25, 0.3) is 5.69 Å². The lowest BCUT2D eigenvalue weighted by Gasteiger charge is -2.06. The first-order valence-corrected chi connectivity index (χ1v) is 8.18. The molecule has 2 aromatic carbocycles. The summed E-state index contributed by atoms with van der Waals surface area (Å²) in [5, 5.41) is 13.1. The van der Waals surface area contributed by atoms with Crippen molar-refractivity contribution in [2.45, 2.75) is 19.4 Å². The van der Waals surface area contributed by atoms with Gasteiger partial charge in [-0.05, 0) is 29.8 Å². The molecule has 0 saturated carbocycles. The molecular formula is C17H15BrN2O5. The summed E-state index contributed by atoms with van der Waals surface area (Å²) >= 11 is 3.32. The van der Waals surface area contributed by atoms with E-state index in [4.69, 9.17) is 4.74 Å². The average Bonchev–Trinajstić information content (AvgIpc) is 2.60. The maximum atomic E-state index is 11.8. The molecule has 0 aliphatic heterocycles. The van der Waals surface area contributed by atoms with E-state index < -0.39 is 10.9 Å². The summed E-state index contributed by atoms with van der Waals surface area (Å²) in [5.74, 6) is -0.837. The highest BCUT2D eigenvalue weighted by molar-refractivity contribution is 9.10. The standard InChI is InChI=1S/C17H15BrN2O5/c18-13-3-1-12(2-4-13)11-25-17(22)10-9-16(21)19-14-5-7-15(8-6-14)20(23)24/h1-8H,9-11H2,(H,19,21). The van der Waals surface area contributed by atoms with Gasteiger partial charge in [-0.15, -0.1) is 0 Å². The summed E-state index contributed by atoms with van der Waals surface area (Å²) in [6.45, 7) is 0.149. The van der Waals surface area contributed by atoms with Gasteiger partial charge >= 0.3 is 5.97 Å². The van der Waals surface area contributed by atoms with Crippen LogP contribution in [0.15, 0.2) is 53.0 Å². The van der Waals surface area contributed by atoms with Gasteiger partial charge in [0, 0.05) is 28.7 Å². The van der Waals surface area contributed by atoms with Gasteiger partial charge in [-0.25, -0.2) is 0 Å². The zero-order valence-corrected chi connectivity index (χ0v) is 14.7. The van der Waals surface area contributed by atoms with Crippen LogP contribution in [-0.2, 0) is 20.9 Å². The van der Waals surface area contributed by atoms with Gasteiger partial charge in [-0.1, -0.05) is 28.1 Å². The Morgan fingerprint density at radius 1 is 1.04 bits per heavy atom. The number of carbonyl (C=O) groups excluding carboxylic acids is 2. The van der Waals surface area contributed by atoms with Gasteiger partial charge in [0.1, 0.15) is 6.61 Å². The first kappa shape index (κ1) is 18.6. The van der Waals surface area contributed by atoms with Gasteiger partial charge in [0.15, 0.2) is 0 Å². The van der Waals surface area contributed by atoms with Crippen LogP contribution in [0.3, 0.4) is 0 Å². The van der Waals surface area contributed by atoms with Gasteiger partial charge in [0.05, 0.1) is 11.3 Å². The van der Waals surface area contributed by atoms with Gasteiger partial charge < -0.3 is 10.1 Å². The molecule has 0 radical (unpaired) electrons. The molecule has 0 saturated heterocycles. The molecule has 0 aliphatic carbocycles. The van der Waals surface area contributed by atoms with E-state index in [2.05, 4.69) is 21.2 Å². The molecule has 0 bridgehead atoms. The fraction of sp³-hybridized carbons (Fsp3) is 0.176. The smallest absolute Gasteiger partial charge is 0.306 e. The fourth-order valence-corrected chi connectivity index (χ4v) is 2.19. The zero-order valence-electron chi connectivity index (χ0n) is 13.1. The number of benzene rings is 2. The topological polar surface area (TPSA) is 98.5 Å². The number of esters is 1. The van der Waals surface area contributed by atoms with E-state index in [-0.39, 0.29) is 31.0 Å². The molecule has 0 aromatic heterocycles. The van der Waals surface area contributed by atoms with Crippen molar-refractivity contribution in [2.75, 3.05) is 5.32 Å². The van der Waals surface area contributed by atoms with E-state index in [1.165, 1.54) is 24.3 Å². The van der Waals surface area contributed by atoms with Crippen molar-refractivity contribution in [3.05, 3.63) is 68.7 Å². The maximum Gasteiger partial charge on any atom is 0.306 e. The maximum absolute atomic E-state index is 11.8. The number of nitrogens with zero attached hydrogens (tertiary/aromatic N) is 1. The quantitative estimate of drug-likeness (QED) is 0.428. The Bertz CT molecular complexity index is 760. The second-order valence-electron chi connectivity index (χ2n) is 5.14. The fourth-order valence-electron chi connectivity index (χ4n) is 1.92. The van der Waals surface area contributed by atoms with Crippen LogP contribution in [0.2, 0.25) is 0 Å². The van der Waals surface area contributed by atoms with Crippen LogP contribution >= 0.6 is 15.9 Å². The van der Waals surface area contributed by atoms with Crippen molar-refractivity contribution in [3.8, 4) is 0 Å². The van der Waals surface area contributed by atoms with Crippen molar-refractivity contribution in [3.63, 3.8) is 0 Å². The van der Waals surface area contributed by atoms with E-state index >= 15 is 0 Å². The molecule has 1 amide bonds. The lowest BCUT2D eigenvalue weighted by molar-refractivity contribution is -0.384. The van der Waals surface area contributed by atoms with E-state index in [9.17, 15) is 19.7 Å². The second-order valence-corrected chi connectivity index (χ2v) is 6.05. The summed E-state index contributed by atoms with van der Waals surface area (Å²) in [6, 6.07) is 12.8. The minimum Gasteiger partial charge on any atom is -0.461 e. The molecule has 0 atom stereocenters. The molecule has 0 spiro atoms. The van der Waals surface area contributed by atoms with Crippen LogP contribution < -0.4 is 5.32 Å². The molecular weight excluding hydrogens is 392 g/mol. The Hall–Kier alpha value is -2.74. The number of hydrogen-bond acceptors (Lipinski definition) is 5. The summed E-state index contributed by atoms with van der Waals surface area (Å²) in [4.78, 5) is 33.5. The van der Waals surface area contributed by atoms with Crippen LogP contribution in [0.25, 0.3) is 0 Å². The number of hydrogen-bond donors (Lipinski definition) is 1. The number of nitrogens with one attached hydrogen (secondary N) is 1. The first-order chi connectivity index (χ1) is 11.9. The number of nitro benzene ring substituents is 1. The molecule has 25 heavy (non-hydrogen) atoms. The van der Waals surface area contributed by atoms with Crippen molar-refractivity contribution in [2.24, 2.45) is 0 Å². The lowest BCUT2D eigenvalue weighted by Crippen LogP contribution is -2.14. The minimum absolute atomic E-state index is 0.0316. The van der Waals surface area contributed by atoms with Crippen LogP contribution in [0.1, 0.15) is 18.4 Å². The van der Waals surface area contributed by atoms with Crippen LogP contribution in [0, 0.1) is 10.1 Å². The average molecular weight is 407 g/mol. The third-order valence-electron chi connectivity index (χ3n) is 3.23. The second kappa shape index (κ2) is 8.93. The van der Waals surface area contributed by atoms with Crippen molar-refractivity contribution in [1.82, 2.24) is 0 Å². The summed E-state index contributed by atoms with van der Waals surface area (Å²) in [6.07, 6.45) is -0.0779. The predicted octanol–water partition coefficient (Wildman–Crippen LogP) is 3.82. The normalized spacial score (nSPS) is 10.1. The Labute approximate surface area is 152 Å². The Morgan fingerprint density at radius 2 is 1.68 bits per heavy atom. The number of amides is 1. The third kappa shape index (κ3) is 6.34. The number of nitro groups is 1. The number of carbonyl (C=O) groups is 2. The first-order valence-electron chi connectivity index (χ1n) is 7.38. The molecule has 130 valence electrons. The Morgan fingerprint density at radius 3 is 2.28 bits per heavy atom. The molecule has 8 heteroatoms. The van der Waals surface area contributed by atoms with Gasteiger partial charge in [-0.2, -0.15) is 0 Å². The minimum atomic E-state index is -0.521. The summed E-state index contributed by atoms with van der Waals surface area (Å²) in [5.41, 5.74) is 1.22. The monoisotopic (exact) mass is 406 g/mol. The lowest BCUT2D eigenvalue weighted by atomic mass is 10.2.